The first kappa shape index (κ1) is 15.1. The van der Waals surface area contributed by atoms with E-state index >= 15 is 0 Å². The highest BCUT2D eigenvalue weighted by molar-refractivity contribution is 7.99. The van der Waals surface area contributed by atoms with Crippen LogP contribution in [0.3, 0.4) is 0 Å². The second-order valence-corrected chi connectivity index (χ2v) is 6.93. The lowest BCUT2D eigenvalue weighted by Crippen LogP contribution is -2.21. The molecule has 0 radical (unpaired) electrons. The zero-order chi connectivity index (χ0) is 16.7. The van der Waals surface area contributed by atoms with Gasteiger partial charge in [0.1, 0.15) is 5.82 Å². The lowest BCUT2D eigenvalue weighted by Gasteiger charge is -2.20. The van der Waals surface area contributed by atoms with Gasteiger partial charge in [0.25, 0.3) is 5.91 Å². The van der Waals surface area contributed by atoms with E-state index in [9.17, 15) is 9.18 Å². The predicted molar refractivity (Wildman–Crippen MR) is 90.4 cm³/mol. The predicted octanol–water partition coefficient (Wildman–Crippen LogP) is 4.27. The summed E-state index contributed by atoms with van der Waals surface area (Å²) in [5.74, 6) is 0.117. The van der Waals surface area contributed by atoms with Crippen LogP contribution >= 0.6 is 11.8 Å². The van der Waals surface area contributed by atoms with E-state index in [-0.39, 0.29) is 23.4 Å². The summed E-state index contributed by atoms with van der Waals surface area (Å²) in [7, 11) is 0. The molecule has 0 spiro atoms. The molecule has 2 aromatic carbocycles. The monoisotopic (exact) mass is 339 g/mol. The van der Waals surface area contributed by atoms with Crippen LogP contribution in [0.25, 0.3) is 11.4 Å². The Bertz CT molecular complexity index is 938. The van der Waals surface area contributed by atoms with Crippen molar-refractivity contribution in [1.29, 1.82) is 0 Å². The summed E-state index contributed by atoms with van der Waals surface area (Å²) in [5.41, 5.74) is 2.78. The first-order valence-corrected chi connectivity index (χ1v) is 8.47. The summed E-state index contributed by atoms with van der Waals surface area (Å²) >= 11 is 1.44. The second kappa shape index (κ2) is 5.87. The van der Waals surface area contributed by atoms with Crippen molar-refractivity contribution in [2.24, 2.45) is 0 Å². The van der Waals surface area contributed by atoms with Gasteiger partial charge in [-0.05, 0) is 30.7 Å². The third-order valence-electron chi connectivity index (χ3n) is 3.92. The van der Waals surface area contributed by atoms with E-state index in [2.05, 4.69) is 10.1 Å². The molecule has 1 unspecified atom stereocenters. The van der Waals surface area contributed by atoms with E-state index < -0.39 is 0 Å². The van der Waals surface area contributed by atoms with Gasteiger partial charge in [0.2, 0.25) is 0 Å². The van der Waals surface area contributed by atoms with Gasteiger partial charge < -0.3 is 0 Å². The van der Waals surface area contributed by atoms with E-state index in [1.165, 1.54) is 28.6 Å². The molecule has 4 nitrogen and oxygen atoms in total. The van der Waals surface area contributed by atoms with Gasteiger partial charge in [-0.3, -0.25) is 4.79 Å². The Morgan fingerprint density at radius 2 is 2.04 bits per heavy atom. The van der Waals surface area contributed by atoms with Gasteiger partial charge >= 0.3 is 0 Å². The Balaban J connectivity index is 1.69. The number of carbonyl (C=O) groups is 1. The molecule has 3 aromatic rings. The topological polar surface area (TPSA) is 47.8 Å². The molecule has 0 aliphatic carbocycles. The largest absolute Gasteiger partial charge is 0.272 e. The summed E-state index contributed by atoms with van der Waals surface area (Å²) in [5, 5.41) is 4.76. The highest BCUT2D eigenvalue weighted by Crippen LogP contribution is 2.41. The van der Waals surface area contributed by atoms with Crippen LogP contribution in [0.4, 0.5) is 4.39 Å². The van der Waals surface area contributed by atoms with Crippen molar-refractivity contribution < 1.29 is 9.18 Å². The summed E-state index contributed by atoms with van der Waals surface area (Å²) in [4.78, 5) is 16.9. The Kier molecular flexibility index (Phi) is 3.69. The van der Waals surface area contributed by atoms with Crippen LogP contribution in [0.15, 0.2) is 53.7 Å². The molecule has 0 N–H and O–H groups in total. The average molecular weight is 339 g/mol. The summed E-state index contributed by atoms with van der Waals surface area (Å²) in [6.07, 6.45) is 0.276. The number of rotatable bonds is 2. The molecule has 0 amide bonds. The Morgan fingerprint density at radius 1 is 1.21 bits per heavy atom. The number of aryl methyl sites for hydroxylation is 1. The van der Waals surface area contributed by atoms with Crippen LogP contribution in [0.2, 0.25) is 0 Å². The maximum absolute atomic E-state index is 13.5. The number of benzene rings is 2. The third-order valence-corrected chi connectivity index (χ3v) is 5.12. The number of halogens is 1. The SMILES string of the molecule is Cc1cccc(-c2nc3n(n2)C(=O)CC(c2cccc(F)c2)S3)c1. The van der Waals surface area contributed by atoms with Gasteiger partial charge in [-0.15, -0.1) is 5.10 Å². The molecule has 6 heteroatoms. The van der Waals surface area contributed by atoms with Crippen molar-refractivity contribution in [2.45, 2.75) is 23.8 Å². The van der Waals surface area contributed by atoms with Crippen LogP contribution in [-0.4, -0.2) is 20.7 Å². The maximum Gasteiger partial charge on any atom is 0.250 e. The first-order chi connectivity index (χ1) is 11.6. The summed E-state index contributed by atoms with van der Waals surface area (Å²) in [6.45, 7) is 2.00. The number of fused-ring (bicyclic) bond motifs is 1. The quantitative estimate of drug-likeness (QED) is 0.699. The zero-order valence-electron chi connectivity index (χ0n) is 12.9. The molecule has 1 aliphatic heterocycles. The molecule has 0 saturated heterocycles. The van der Waals surface area contributed by atoms with E-state index in [4.69, 9.17) is 0 Å². The third kappa shape index (κ3) is 2.73. The van der Waals surface area contributed by atoms with Crippen LogP contribution in [0.5, 0.6) is 0 Å². The molecule has 0 saturated carbocycles. The molecule has 4 rings (SSSR count). The number of nitrogens with zero attached hydrogens (tertiary/aromatic N) is 3. The second-order valence-electron chi connectivity index (χ2n) is 5.76. The Hall–Kier alpha value is -2.47. The minimum atomic E-state index is -0.298. The van der Waals surface area contributed by atoms with Crippen molar-refractivity contribution in [3.63, 3.8) is 0 Å². The van der Waals surface area contributed by atoms with Crippen LogP contribution in [0.1, 0.15) is 27.6 Å². The van der Waals surface area contributed by atoms with E-state index in [0.29, 0.717) is 11.0 Å². The van der Waals surface area contributed by atoms with E-state index in [1.807, 2.05) is 37.3 Å². The number of aromatic nitrogens is 3. The van der Waals surface area contributed by atoms with Gasteiger partial charge in [-0.1, -0.05) is 47.7 Å². The van der Waals surface area contributed by atoms with Gasteiger partial charge in [-0.2, -0.15) is 4.68 Å². The van der Waals surface area contributed by atoms with Crippen molar-refractivity contribution in [3.8, 4) is 11.4 Å². The van der Waals surface area contributed by atoms with Crippen molar-refractivity contribution >= 4 is 17.7 Å². The van der Waals surface area contributed by atoms with Crippen LogP contribution in [-0.2, 0) is 0 Å². The number of thioether (sulfide) groups is 1. The summed E-state index contributed by atoms with van der Waals surface area (Å²) in [6, 6.07) is 14.2. The molecule has 1 atom stereocenters. The van der Waals surface area contributed by atoms with Gasteiger partial charge in [0, 0.05) is 17.2 Å². The average Bonchev–Trinajstić information content (AvgIpc) is 3.00. The lowest BCUT2D eigenvalue weighted by atomic mass is 10.1. The fourth-order valence-electron chi connectivity index (χ4n) is 2.75. The minimum Gasteiger partial charge on any atom is -0.272 e. The highest BCUT2D eigenvalue weighted by Gasteiger charge is 2.30. The first-order valence-electron chi connectivity index (χ1n) is 7.59. The van der Waals surface area contributed by atoms with Gasteiger partial charge in [0.05, 0.1) is 0 Å². The molecule has 1 aliphatic rings. The maximum atomic E-state index is 13.5. The molecule has 1 aromatic heterocycles. The zero-order valence-corrected chi connectivity index (χ0v) is 13.8. The van der Waals surface area contributed by atoms with Crippen LogP contribution in [0, 0.1) is 12.7 Å². The van der Waals surface area contributed by atoms with E-state index in [1.54, 1.807) is 6.07 Å². The lowest BCUT2D eigenvalue weighted by molar-refractivity contribution is 0.0868. The molecule has 2 heterocycles. The molecule has 24 heavy (non-hydrogen) atoms. The molecular weight excluding hydrogens is 325 g/mol. The number of hydrogen-bond acceptors (Lipinski definition) is 4. The van der Waals surface area contributed by atoms with Crippen molar-refractivity contribution in [1.82, 2.24) is 14.8 Å². The smallest absolute Gasteiger partial charge is 0.250 e. The molecule has 0 fully saturated rings. The van der Waals surface area contributed by atoms with Gasteiger partial charge in [-0.25, -0.2) is 9.37 Å². The Morgan fingerprint density at radius 3 is 2.83 bits per heavy atom. The van der Waals surface area contributed by atoms with Crippen molar-refractivity contribution in [2.75, 3.05) is 0 Å². The van der Waals surface area contributed by atoms with E-state index in [0.717, 1.165) is 16.7 Å². The number of hydrogen-bond donors (Lipinski definition) is 0. The fourth-order valence-corrected chi connectivity index (χ4v) is 3.89. The Labute approximate surface area is 142 Å². The molecule has 0 bridgehead atoms. The fraction of sp³-hybridized carbons (Fsp3) is 0.167. The van der Waals surface area contributed by atoms with Gasteiger partial charge in [0.15, 0.2) is 11.0 Å². The normalized spacial score (nSPS) is 16.9. The molecule has 120 valence electrons. The van der Waals surface area contributed by atoms with Crippen LogP contribution < -0.4 is 0 Å². The highest BCUT2D eigenvalue weighted by atomic mass is 32.2. The summed E-state index contributed by atoms with van der Waals surface area (Å²) < 4.78 is 14.8. The minimum absolute atomic E-state index is 0.121. The van der Waals surface area contributed by atoms with Crippen molar-refractivity contribution in [3.05, 3.63) is 65.5 Å². The standard InChI is InChI=1S/C18H14FN3OS/c1-11-4-2-6-13(8-11)17-20-18-22(21-17)16(23)10-15(24-18)12-5-3-7-14(19)9-12/h2-9,15H,10H2,1H3. The molecular formula is C18H14FN3OS. The number of carbonyl (C=O) groups excluding carboxylic acids is 1.